The van der Waals surface area contributed by atoms with Gasteiger partial charge in [0.2, 0.25) is 5.91 Å². The van der Waals surface area contributed by atoms with E-state index in [1.54, 1.807) is 0 Å². The molecule has 0 bridgehead atoms. The predicted molar refractivity (Wildman–Crippen MR) is 64.9 cm³/mol. The second-order valence-corrected chi connectivity index (χ2v) is 5.65. The highest BCUT2D eigenvalue weighted by Gasteiger charge is 2.50. The first-order valence-electron chi connectivity index (χ1n) is 6.64. The predicted octanol–water partition coefficient (Wildman–Crippen LogP) is 1.76. The average molecular weight is 224 g/mol. The molecule has 16 heavy (non-hydrogen) atoms. The number of nitrogens with zero attached hydrogens (tertiary/aromatic N) is 1. The Kier molecular flexibility index (Phi) is 3.24. The van der Waals surface area contributed by atoms with Crippen LogP contribution in [-0.2, 0) is 4.79 Å². The van der Waals surface area contributed by atoms with Gasteiger partial charge in [0.25, 0.3) is 0 Å². The summed E-state index contributed by atoms with van der Waals surface area (Å²) >= 11 is 0. The van der Waals surface area contributed by atoms with Crippen molar-refractivity contribution in [2.75, 3.05) is 13.1 Å². The molecule has 2 aliphatic rings. The van der Waals surface area contributed by atoms with E-state index in [2.05, 4.69) is 18.7 Å². The lowest BCUT2D eigenvalue weighted by Crippen LogP contribution is -2.47. The van der Waals surface area contributed by atoms with Gasteiger partial charge in [0, 0.05) is 24.5 Å². The molecule has 1 saturated heterocycles. The molecule has 92 valence electrons. The molecule has 3 nitrogen and oxygen atoms in total. The van der Waals surface area contributed by atoms with Crippen LogP contribution in [0.1, 0.15) is 46.0 Å². The summed E-state index contributed by atoms with van der Waals surface area (Å²) in [4.78, 5) is 14.4. The Morgan fingerprint density at radius 3 is 2.75 bits per heavy atom. The van der Waals surface area contributed by atoms with Gasteiger partial charge in [-0.3, -0.25) is 4.79 Å². The van der Waals surface area contributed by atoms with E-state index in [1.807, 2.05) is 0 Å². The van der Waals surface area contributed by atoms with Gasteiger partial charge < -0.3 is 10.6 Å². The molecule has 2 unspecified atom stereocenters. The lowest BCUT2D eigenvalue weighted by atomic mass is 9.90. The molecule has 2 N–H and O–H groups in total. The number of piperidine rings is 1. The van der Waals surface area contributed by atoms with Gasteiger partial charge in [0.1, 0.15) is 0 Å². The normalized spacial score (nSPS) is 29.9. The van der Waals surface area contributed by atoms with E-state index >= 15 is 0 Å². The summed E-state index contributed by atoms with van der Waals surface area (Å²) in [7, 11) is 0. The van der Waals surface area contributed by atoms with Gasteiger partial charge in [-0.15, -0.1) is 0 Å². The van der Waals surface area contributed by atoms with Crippen LogP contribution < -0.4 is 5.73 Å². The van der Waals surface area contributed by atoms with Gasteiger partial charge in [-0.1, -0.05) is 6.92 Å². The molecular formula is C13H24N2O. The van der Waals surface area contributed by atoms with Gasteiger partial charge in [-0.2, -0.15) is 0 Å². The molecule has 0 radical (unpaired) electrons. The molecule has 0 aromatic carbocycles. The number of rotatable bonds is 3. The Hall–Kier alpha value is -0.570. The molecule has 2 atom stereocenters. The monoisotopic (exact) mass is 224 g/mol. The minimum absolute atomic E-state index is 0.0275. The topological polar surface area (TPSA) is 46.3 Å². The zero-order chi connectivity index (χ0) is 11.8. The zero-order valence-electron chi connectivity index (χ0n) is 10.5. The summed E-state index contributed by atoms with van der Waals surface area (Å²) in [6.07, 6.45) is 5.51. The van der Waals surface area contributed by atoms with Crippen LogP contribution in [0, 0.1) is 11.3 Å². The smallest absolute Gasteiger partial charge is 0.228 e. The maximum Gasteiger partial charge on any atom is 0.228 e. The van der Waals surface area contributed by atoms with Crippen LogP contribution in [0.3, 0.4) is 0 Å². The van der Waals surface area contributed by atoms with E-state index in [1.165, 1.54) is 6.42 Å². The van der Waals surface area contributed by atoms with E-state index in [0.717, 1.165) is 38.8 Å². The molecule has 1 saturated carbocycles. The Bertz CT molecular complexity index is 271. The standard InChI is InChI=1S/C13H24N2O/c1-3-13(6-7-13)12(16)15-8-4-5-11(9-15)10(2)14/h10-11H,3-9,14H2,1-2H3. The number of hydrogen-bond donors (Lipinski definition) is 1. The Labute approximate surface area is 98.4 Å². The highest BCUT2D eigenvalue weighted by molar-refractivity contribution is 5.85. The van der Waals surface area contributed by atoms with E-state index in [4.69, 9.17) is 5.73 Å². The summed E-state index contributed by atoms with van der Waals surface area (Å²) in [6, 6.07) is 0.215. The fourth-order valence-corrected chi connectivity index (χ4v) is 2.83. The first-order valence-corrected chi connectivity index (χ1v) is 6.64. The van der Waals surface area contributed by atoms with E-state index in [-0.39, 0.29) is 11.5 Å². The number of hydrogen-bond acceptors (Lipinski definition) is 2. The van der Waals surface area contributed by atoms with E-state index in [0.29, 0.717) is 11.8 Å². The number of nitrogens with two attached hydrogens (primary N) is 1. The largest absolute Gasteiger partial charge is 0.342 e. The Morgan fingerprint density at radius 2 is 2.25 bits per heavy atom. The molecule has 1 aliphatic heterocycles. The third-order valence-electron chi connectivity index (χ3n) is 4.47. The van der Waals surface area contributed by atoms with Crippen molar-refractivity contribution in [2.24, 2.45) is 17.1 Å². The van der Waals surface area contributed by atoms with Crippen molar-refractivity contribution in [1.82, 2.24) is 4.90 Å². The highest BCUT2D eigenvalue weighted by atomic mass is 16.2. The van der Waals surface area contributed by atoms with Crippen LogP contribution in [0.15, 0.2) is 0 Å². The summed E-state index contributed by atoms with van der Waals surface area (Å²) in [5.41, 5.74) is 5.98. The highest BCUT2D eigenvalue weighted by Crippen LogP contribution is 2.50. The van der Waals surface area contributed by atoms with Gasteiger partial charge in [-0.25, -0.2) is 0 Å². The maximum atomic E-state index is 12.4. The fraction of sp³-hybridized carbons (Fsp3) is 0.923. The first kappa shape index (κ1) is 11.9. The lowest BCUT2D eigenvalue weighted by Gasteiger charge is -2.36. The van der Waals surface area contributed by atoms with Crippen LogP contribution in [-0.4, -0.2) is 29.9 Å². The minimum atomic E-state index is 0.0275. The SMILES string of the molecule is CCC1(C(=O)N2CCCC(C(C)N)C2)CC1. The summed E-state index contributed by atoms with van der Waals surface area (Å²) in [5.74, 6) is 0.908. The molecule has 0 aromatic rings. The van der Waals surface area contributed by atoms with Crippen molar-refractivity contribution >= 4 is 5.91 Å². The summed E-state index contributed by atoms with van der Waals surface area (Å²) in [5, 5.41) is 0. The zero-order valence-corrected chi connectivity index (χ0v) is 10.5. The van der Waals surface area contributed by atoms with Gasteiger partial charge in [-0.05, 0) is 44.9 Å². The molecular weight excluding hydrogens is 200 g/mol. The molecule has 0 aromatic heterocycles. The quantitative estimate of drug-likeness (QED) is 0.794. The molecule has 3 heteroatoms. The van der Waals surface area contributed by atoms with Crippen molar-refractivity contribution in [3.05, 3.63) is 0 Å². The number of likely N-dealkylation sites (tertiary alicyclic amines) is 1. The molecule has 1 amide bonds. The molecule has 0 spiro atoms. The van der Waals surface area contributed by atoms with Crippen LogP contribution in [0.25, 0.3) is 0 Å². The molecule has 1 aliphatic carbocycles. The Morgan fingerprint density at radius 1 is 1.56 bits per heavy atom. The van der Waals surface area contributed by atoms with Gasteiger partial charge >= 0.3 is 0 Å². The first-order chi connectivity index (χ1) is 7.59. The van der Waals surface area contributed by atoms with Crippen molar-refractivity contribution in [1.29, 1.82) is 0 Å². The summed E-state index contributed by atoms with van der Waals surface area (Å²) in [6.45, 7) is 6.03. The van der Waals surface area contributed by atoms with Crippen LogP contribution in [0.2, 0.25) is 0 Å². The Balaban J connectivity index is 1.97. The van der Waals surface area contributed by atoms with Crippen molar-refractivity contribution in [2.45, 2.75) is 52.0 Å². The molecule has 2 fully saturated rings. The van der Waals surface area contributed by atoms with Crippen LogP contribution in [0.4, 0.5) is 0 Å². The number of carbonyl (C=O) groups excluding carboxylic acids is 1. The second kappa shape index (κ2) is 4.36. The summed E-state index contributed by atoms with van der Waals surface area (Å²) < 4.78 is 0. The van der Waals surface area contributed by atoms with Gasteiger partial charge in [0.15, 0.2) is 0 Å². The van der Waals surface area contributed by atoms with Crippen LogP contribution >= 0.6 is 0 Å². The van der Waals surface area contributed by atoms with Crippen molar-refractivity contribution < 1.29 is 4.79 Å². The molecule has 1 heterocycles. The van der Waals surface area contributed by atoms with Crippen LogP contribution in [0.5, 0.6) is 0 Å². The fourth-order valence-electron chi connectivity index (χ4n) is 2.83. The van der Waals surface area contributed by atoms with Crippen molar-refractivity contribution in [3.8, 4) is 0 Å². The average Bonchev–Trinajstić information content (AvgIpc) is 3.09. The van der Waals surface area contributed by atoms with Gasteiger partial charge in [0.05, 0.1) is 0 Å². The molecule has 2 rings (SSSR count). The second-order valence-electron chi connectivity index (χ2n) is 5.65. The third-order valence-corrected chi connectivity index (χ3v) is 4.47. The number of amides is 1. The third kappa shape index (κ3) is 2.10. The minimum Gasteiger partial charge on any atom is -0.342 e. The van der Waals surface area contributed by atoms with Crippen molar-refractivity contribution in [3.63, 3.8) is 0 Å². The van der Waals surface area contributed by atoms with E-state index < -0.39 is 0 Å². The number of carbonyl (C=O) groups is 1. The van der Waals surface area contributed by atoms with E-state index in [9.17, 15) is 4.79 Å². The lowest BCUT2D eigenvalue weighted by molar-refractivity contribution is -0.139. The maximum absolute atomic E-state index is 12.4.